The van der Waals surface area contributed by atoms with Gasteiger partial charge < -0.3 is 4.57 Å². The topological polar surface area (TPSA) is 55.9 Å². The van der Waals surface area contributed by atoms with Crippen LogP contribution in [0.2, 0.25) is 5.02 Å². The average molecular weight is 283 g/mol. The van der Waals surface area contributed by atoms with E-state index < -0.39 is 5.82 Å². The molecule has 1 aromatic carbocycles. The Hall–Kier alpha value is -1.43. The lowest BCUT2D eigenvalue weighted by atomic mass is 10.1. The molecule has 0 aliphatic heterocycles. The fourth-order valence-corrected chi connectivity index (χ4v) is 2.14. The zero-order valence-electron chi connectivity index (χ0n) is 10.6. The number of nitrogens with zero attached hydrogens (tertiary/aromatic N) is 2. The third kappa shape index (κ3) is 2.94. The van der Waals surface area contributed by atoms with Crippen molar-refractivity contribution in [2.45, 2.75) is 25.9 Å². The molecule has 2 rings (SSSR count). The van der Waals surface area contributed by atoms with Gasteiger partial charge in [0.2, 0.25) is 0 Å². The molecule has 4 nitrogen and oxygen atoms in total. The highest BCUT2D eigenvalue weighted by molar-refractivity contribution is 6.30. The molecule has 1 aromatic heterocycles. The molecule has 0 bridgehead atoms. The molecule has 0 saturated heterocycles. The predicted molar refractivity (Wildman–Crippen MR) is 73.1 cm³/mol. The molecule has 0 amide bonds. The van der Waals surface area contributed by atoms with Crippen LogP contribution in [0.5, 0.6) is 0 Å². The van der Waals surface area contributed by atoms with Gasteiger partial charge in [0.1, 0.15) is 17.7 Å². The van der Waals surface area contributed by atoms with Crippen molar-refractivity contribution >= 4 is 11.6 Å². The maximum absolute atomic E-state index is 13.5. The van der Waals surface area contributed by atoms with Crippen molar-refractivity contribution in [2.24, 2.45) is 5.84 Å². The Morgan fingerprint density at radius 3 is 2.95 bits per heavy atom. The van der Waals surface area contributed by atoms with Gasteiger partial charge in [-0.2, -0.15) is 0 Å². The molecular weight excluding hydrogens is 267 g/mol. The first kappa shape index (κ1) is 14.0. The van der Waals surface area contributed by atoms with E-state index >= 15 is 0 Å². The first-order valence-corrected chi connectivity index (χ1v) is 6.47. The van der Waals surface area contributed by atoms with E-state index in [1.165, 1.54) is 12.1 Å². The summed E-state index contributed by atoms with van der Waals surface area (Å²) in [6, 6.07) is 4.26. The van der Waals surface area contributed by atoms with Crippen LogP contribution in [0.25, 0.3) is 0 Å². The second-order valence-corrected chi connectivity index (χ2v) is 4.66. The highest BCUT2D eigenvalue weighted by atomic mass is 35.5. The van der Waals surface area contributed by atoms with Gasteiger partial charge in [-0.15, -0.1) is 0 Å². The standard InChI is InChI=1S/C13H16ClFN4/c1-2-6-19-7-5-17-13(19)12(18-16)9-3-4-10(14)11(15)8-9/h3-5,7-8,12,18H,2,6,16H2,1H3. The molecule has 1 unspecified atom stereocenters. The average Bonchev–Trinajstić information content (AvgIpc) is 2.83. The second-order valence-electron chi connectivity index (χ2n) is 4.25. The summed E-state index contributed by atoms with van der Waals surface area (Å²) in [5.74, 6) is 5.88. The maximum atomic E-state index is 13.5. The summed E-state index contributed by atoms with van der Waals surface area (Å²) in [4.78, 5) is 4.30. The number of nitrogens with two attached hydrogens (primary N) is 1. The van der Waals surface area contributed by atoms with E-state index in [1.54, 1.807) is 12.3 Å². The van der Waals surface area contributed by atoms with Crippen molar-refractivity contribution < 1.29 is 4.39 Å². The smallest absolute Gasteiger partial charge is 0.142 e. The van der Waals surface area contributed by atoms with Crippen LogP contribution in [0.1, 0.15) is 30.8 Å². The highest BCUT2D eigenvalue weighted by Crippen LogP contribution is 2.24. The van der Waals surface area contributed by atoms with E-state index in [0.717, 1.165) is 18.8 Å². The summed E-state index contributed by atoms with van der Waals surface area (Å²) in [6.45, 7) is 2.92. The first-order chi connectivity index (χ1) is 9.17. The number of halogens is 2. The monoisotopic (exact) mass is 282 g/mol. The molecule has 1 heterocycles. The Kier molecular flexibility index (Phi) is 4.52. The van der Waals surface area contributed by atoms with E-state index in [9.17, 15) is 4.39 Å². The quantitative estimate of drug-likeness (QED) is 0.655. The number of nitrogens with one attached hydrogen (secondary N) is 1. The molecule has 1 atom stereocenters. The van der Waals surface area contributed by atoms with Gasteiger partial charge in [-0.3, -0.25) is 5.84 Å². The molecular formula is C13H16ClFN4. The zero-order chi connectivity index (χ0) is 13.8. The molecule has 0 aliphatic carbocycles. The third-order valence-electron chi connectivity index (χ3n) is 2.91. The van der Waals surface area contributed by atoms with Gasteiger partial charge in [0.05, 0.1) is 5.02 Å². The van der Waals surface area contributed by atoms with Gasteiger partial charge >= 0.3 is 0 Å². The molecule has 102 valence electrons. The van der Waals surface area contributed by atoms with Crippen LogP contribution >= 0.6 is 11.6 Å². The van der Waals surface area contributed by atoms with E-state index in [2.05, 4.69) is 17.3 Å². The molecule has 6 heteroatoms. The van der Waals surface area contributed by atoms with Gasteiger partial charge in [0.15, 0.2) is 0 Å². The molecule has 0 spiro atoms. The van der Waals surface area contributed by atoms with Crippen LogP contribution in [0.15, 0.2) is 30.6 Å². The Labute approximate surface area is 116 Å². The van der Waals surface area contributed by atoms with Gasteiger partial charge in [0.25, 0.3) is 0 Å². The number of aryl methyl sites for hydroxylation is 1. The summed E-state index contributed by atoms with van der Waals surface area (Å²) in [6.07, 6.45) is 4.58. The van der Waals surface area contributed by atoms with E-state index in [1.807, 2.05) is 10.8 Å². The summed E-state index contributed by atoms with van der Waals surface area (Å²) < 4.78 is 15.5. The Morgan fingerprint density at radius 1 is 1.53 bits per heavy atom. The van der Waals surface area contributed by atoms with Crippen molar-refractivity contribution in [1.82, 2.24) is 15.0 Å². The van der Waals surface area contributed by atoms with Crippen molar-refractivity contribution in [3.63, 3.8) is 0 Å². The van der Waals surface area contributed by atoms with Crippen LogP contribution in [-0.2, 0) is 6.54 Å². The number of rotatable bonds is 5. The largest absolute Gasteiger partial charge is 0.333 e. The molecule has 0 radical (unpaired) electrons. The minimum absolute atomic E-state index is 0.0939. The summed E-state index contributed by atoms with van der Waals surface area (Å²) in [7, 11) is 0. The van der Waals surface area contributed by atoms with Gasteiger partial charge in [-0.05, 0) is 24.1 Å². The number of aromatic nitrogens is 2. The third-order valence-corrected chi connectivity index (χ3v) is 3.22. The number of benzene rings is 1. The number of hydrazine groups is 1. The summed E-state index contributed by atoms with van der Waals surface area (Å²) >= 11 is 5.69. The second kappa shape index (κ2) is 6.14. The molecule has 0 fully saturated rings. The number of hydrogen-bond donors (Lipinski definition) is 2. The first-order valence-electron chi connectivity index (χ1n) is 6.09. The fourth-order valence-electron chi connectivity index (χ4n) is 2.02. The van der Waals surface area contributed by atoms with E-state index in [4.69, 9.17) is 17.4 Å². The van der Waals surface area contributed by atoms with Crippen LogP contribution in [0.4, 0.5) is 4.39 Å². The SMILES string of the molecule is CCCn1ccnc1C(NN)c1ccc(Cl)c(F)c1. The molecule has 19 heavy (non-hydrogen) atoms. The summed E-state index contributed by atoms with van der Waals surface area (Å²) in [5, 5.41) is 0.0939. The Bertz CT molecular complexity index is 555. The van der Waals surface area contributed by atoms with E-state index in [0.29, 0.717) is 5.56 Å². The van der Waals surface area contributed by atoms with Gasteiger partial charge in [-0.25, -0.2) is 14.8 Å². The molecule has 0 aliphatic rings. The Balaban J connectivity index is 2.38. The summed E-state index contributed by atoms with van der Waals surface area (Å²) in [5.41, 5.74) is 3.36. The number of hydrogen-bond acceptors (Lipinski definition) is 3. The van der Waals surface area contributed by atoms with Gasteiger partial charge in [0, 0.05) is 18.9 Å². The van der Waals surface area contributed by atoms with Crippen molar-refractivity contribution in [3.05, 3.63) is 52.8 Å². The van der Waals surface area contributed by atoms with Crippen molar-refractivity contribution in [2.75, 3.05) is 0 Å². The van der Waals surface area contributed by atoms with Crippen LogP contribution in [-0.4, -0.2) is 9.55 Å². The normalized spacial score (nSPS) is 12.6. The minimum atomic E-state index is -0.465. The molecule has 3 N–H and O–H groups in total. The molecule has 2 aromatic rings. The van der Waals surface area contributed by atoms with Crippen molar-refractivity contribution in [1.29, 1.82) is 0 Å². The van der Waals surface area contributed by atoms with Gasteiger partial charge in [-0.1, -0.05) is 24.6 Å². The molecule has 0 saturated carbocycles. The van der Waals surface area contributed by atoms with E-state index in [-0.39, 0.29) is 11.1 Å². The maximum Gasteiger partial charge on any atom is 0.142 e. The minimum Gasteiger partial charge on any atom is -0.333 e. The van der Waals surface area contributed by atoms with Crippen LogP contribution < -0.4 is 11.3 Å². The van der Waals surface area contributed by atoms with Crippen molar-refractivity contribution in [3.8, 4) is 0 Å². The number of imidazole rings is 1. The lowest BCUT2D eigenvalue weighted by molar-refractivity contribution is 0.541. The Morgan fingerprint density at radius 2 is 2.32 bits per heavy atom. The zero-order valence-corrected chi connectivity index (χ0v) is 11.4. The lowest BCUT2D eigenvalue weighted by Crippen LogP contribution is -2.31. The van der Waals surface area contributed by atoms with Crippen LogP contribution in [0.3, 0.4) is 0 Å². The van der Waals surface area contributed by atoms with Crippen LogP contribution in [0, 0.1) is 5.82 Å². The fraction of sp³-hybridized carbons (Fsp3) is 0.308. The lowest BCUT2D eigenvalue weighted by Gasteiger charge is -2.18. The predicted octanol–water partition coefficient (Wildman–Crippen LogP) is 2.64. The highest BCUT2D eigenvalue weighted by Gasteiger charge is 2.18.